The van der Waals surface area contributed by atoms with Crippen molar-refractivity contribution in [2.75, 3.05) is 27.3 Å². The van der Waals surface area contributed by atoms with Gasteiger partial charge in [-0.2, -0.15) is 0 Å². The van der Waals surface area contributed by atoms with Crippen LogP contribution < -0.4 is 10.6 Å². The van der Waals surface area contributed by atoms with E-state index in [1.807, 2.05) is 43.7 Å². The molecule has 2 aliphatic heterocycles. The number of alkyl carbamates (subject to hydrolysis) is 2. The Morgan fingerprint density at radius 2 is 1.20 bits per heavy atom. The second kappa shape index (κ2) is 18.0. The molecule has 4 amide bonds. The van der Waals surface area contributed by atoms with Gasteiger partial charge in [0.25, 0.3) is 0 Å². The number of imidazole rings is 2. The standard InChI is InChI=1S/C51H62N8O6/c1-29(2)43(56-49(62)64-5)47(60)58-23-9-11-41(58)45-52-28-40(55-45)32-15-13-31(14-16-32)34-18-19-35(37-27-51(26-36(34)37)21-7-8-22-51)33-17-20-38-39(25-33)54-46(53-38)42-12-10-24-59(42)48(61)44(30(3)4)57-50(63)65-6/h13-20,25,28-30,41-44H,7-12,21-24,26-27H2,1-6H3,(H,52,55)(H,53,54)(H,56,62)(H,57,63). The lowest BCUT2D eigenvalue weighted by Gasteiger charge is -2.30. The third-order valence-corrected chi connectivity index (χ3v) is 14.6. The van der Waals surface area contributed by atoms with E-state index in [1.165, 1.54) is 67.7 Å². The van der Waals surface area contributed by atoms with Crippen LogP contribution in [0.2, 0.25) is 0 Å². The average Bonchev–Trinajstić information content (AvgIpc) is 4.17. The van der Waals surface area contributed by atoms with Gasteiger partial charge in [0.15, 0.2) is 0 Å². The molecule has 2 aliphatic carbocycles. The third-order valence-electron chi connectivity index (χ3n) is 14.6. The fraction of sp³-hybridized carbons (Fsp3) is 0.490. The minimum absolute atomic E-state index is 0.104. The Morgan fingerprint density at radius 3 is 1.75 bits per heavy atom. The van der Waals surface area contributed by atoms with Gasteiger partial charge in [0, 0.05) is 13.1 Å². The molecule has 65 heavy (non-hydrogen) atoms. The molecule has 1 saturated carbocycles. The van der Waals surface area contributed by atoms with Gasteiger partial charge in [-0.25, -0.2) is 19.6 Å². The summed E-state index contributed by atoms with van der Waals surface area (Å²) < 4.78 is 9.63. The number of methoxy groups -OCH3 is 2. The molecular weight excluding hydrogens is 821 g/mol. The van der Waals surface area contributed by atoms with Crippen LogP contribution in [0.25, 0.3) is 44.5 Å². The van der Waals surface area contributed by atoms with Crippen LogP contribution in [-0.4, -0.2) is 93.1 Å². The van der Waals surface area contributed by atoms with Crippen molar-refractivity contribution < 1.29 is 28.7 Å². The van der Waals surface area contributed by atoms with Gasteiger partial charge in [-0.3, -0.25) is 9.59 Å². The zero-order valence-electron chi connectivity index (χ0n) is 38.5. The van der Waals surface area contributed by atoms with Crippen molar-refractivity contribution in [2.45, 2.75) is 116 Å². The molecule has 0 radical (unpaired) electrons. The Labute approximate surface area is 380 Å². The second-order valence-electron chi connectivity index (χ2n) is 19.4. The van der Waals surface area contributed by atoms with E-state index in [-0.39, 0.29) is 35.7 Å². The Kier molecular flexibility index (Phi) is 12.2. The Balaban J connectivity index is 0.964. The van der Waals surface area contributed by atoms with Crippen molar-refractivity contribution in [2.24, 2.45) is 17.3 Å². The number of nitrogens with one attached hydrogen (secondary N) is 4. The Bertz CT molecular complexity index is 2590. The molecule has 5 aromatic rings. The van der Waals surface area contributed by atoms with E-state index in [1.54, 1.807) is 0 Å². The van der Waals surface area contributed by atoms with Crippen LogP contribution in [0.3, 0.4) is 0 Å². The lowest BCUT2D eigenvalue weighted by atomic mass is 9.82. The molecule has 3 fully saturated rings. The SMILES string of the molecule is COC(=O)NC(C(=O)N1CCCC1c1ncc(-c2ccc(-c3ccc(-c4ccc5nc(C6CCCN6C(=O)C(NC(=O)OC)C(C)C)[nH]c5c4)c4c3CC3(CCCC3)C4)cc2)[nH]1)C(C)C. The number of amides is 4. The monoisotopic (exact) mass is 882 g/mol. The zero-order valence-corrected chi connectivity index (χ0v) is 38.5. The van der Waals surface area contributed by atoms with Gasteiger partial charge < -0.3 is 39.9 Å². The number of likely N-dealkylation sites (tertiary alicyclic amines) is 2. The number of carbonyl (C=O) groups is 4. The number of hydrogen-bond donors (Lipinski definition) is 4. The van der Waals surface area contributed by atoms with Crippen LogP contribution in [-0.2, 0) is 31.9 Å². The molecule has 1 spiro atoms. The van der Waals surface area contributed by atoms with Crippen LogP contribution in [0.4, 0.5) is 9.59 Å². The largest absolute Gasteiger partial charge is 0.453 e. The molecule has 4 N–H and O–H groups in total. The first kappa shape index (κ1) is 44.0. The highest BCUT2D eigenvalue weighted by molar-refractivity contribution is 5.88. The highest BCUT2D eigenvalue weighted by Crippen LogP contribution is 2.53. The molecule has 4 aliphatic rings. The maximum atomic E-state index is 13.8. The molecule has 2 aromatic heterocycles. The molecule has 2 saturated heterocycles. The van der Waals surface area contributed by atoms with E-state index in [0.29, 0.717) is 18.5 Å². The topological polar surface area (TPSA) is 175 Å². The maximum absolute atomic E-state index is 13.8. The van der Waals surface area contributed by atoms with Gasteiger partial charge in [-0.05, 0) is 120 Å². The summed E-state index contributed by atoms with van der Waals surface area (Å²) >= 11 is 0. The number of rotatable bonds is 11. The number of H-pyrrole nitrogens is 2. The summed E-state index contributed by atoms with van der Waals surface area (Å²) in [5.74, 6) is 1.06. The number of carbonyl (C=O) groups excluding carboxylic acids is 4. The number of aromatic amines is 2. The van der Waals surface area contributed by atoms with Gasteiger partial charge in [-0.1, -0.05) is 83.0 Å². The van der Waals surface area contributed by atoms with Gasteiger partial charge in [0.1, 0.15) is 23.7 Å². The van der Waals surface area contributed by atoms with Gasteiger partial charge in [0.05, 0.1) is 49.2 Å². The van der Waals surface area contributed by atoms with Gasteiger partial charge in [-0.15, -0.1) is 0 Å². The van der Waals surface area contributed by atoms with E-state index < -0.39 is 24.3 Å². The number of hydrogen-bond acceptors (Lipinski definition) is 8. The fourth-order valence-corrected chi connectivity index (χ4v) is 11.2. The first-order valence-corrected chi connectivity index (χ1v) is 23.5. The first-order chi connectivity index (χ1) is 31.4. The van der Waals surface area contributed by atoms with Crippen molar-refractivity contribution >= 4 is 35.0 Å². The van der Waals surface area contributed by atoms with Crippen molar-refractivity contribution in [1.82, 2.24) is 40.4 Å². The molecule has 14 heteroatoms. The van der Waals surface area contributed by atoms with Crippen molar-refractivity contribution in [3.63, 3.8) is 0 Å². The molecular formula is C51H62N8O6. The van der Waals surface area contributed by atoms with Crippen LogP contribution in [0.5, 0.6) is 0 Å². The van der Waals surface area contributed by atoms with Crippen LogP contribution in [0.1, 0.15) is 114 Å². The lowest BCUT2D eigenvalue weighted by Crippen LogP contribution is -2.51. The fourth-order valence-electron chi connectivity index (χ4n) is 11.2. The minimum atomic E-state index is -0.689. The van der Waals surface area contributed by atoms with E-state index in [9.17, 15) is 19.2 Å². The molecule has 4 heterocycles. The van der Waals surface area contributed by atoms with E-state index in [0.717, 1.165) is 78.0 Å². The predicted octanol–water partition coefficient (Wildman–Crippen LogP) is 9.03. The molecule has 9 rings (SSSR count). The molecule has 0 bridgehead atoms. The number of benzene rings is 3. The number of aromatic nitrogens is 4. The van der Waals surface area contributed by atoms with Crippen LogP contribution in [0, 0.1) is 17.3 Å². The molecule has 4 unspecified atom stereocenters. The summed E-state index contributed by atoms with van der Waals surface area (Å²) in [6.07, 6.45) is 11.1. The first-order valence-electron chi connectivity index (χ1n) is 23.5. The smallest absolute Gasteiger partial charge is 0.407 e. The maximum Gasteiger partial charge on any atom is 0.407 e. The van der Waals surface area contributed by atoms with E-state index >= 15 is 0 Å². The zero-order chi connectivity index (χ0) is 45.6. The summed E-state index contributed by atoms with van der Waals surface area (Å²) in [5.41, 5.74) is 11.8. The lowest BCUT2D eigenvalue weighted by molar-refractivity contribution is -0.136. The summed E-state index contributed by atoms with van der Waals surface area (Å²) in [6.45, 7) is 8.89. The average molecular weight is 883 g/mol. The number of ether oxygens (including phenoxy) is 2. The van der Waals surface area contributed by atoms with E-state index in [2.05, 4.69) is 75.2 Å². The highest BCUT2D eigenvalue weighted by atomic mass is 16.5. The number of fused-ring (bicyclic) bond motifs is 2. The van der Waals surface area contributed by atoms with Gasteiger partial charge >= 0.3 is 12.2 Å². The molecule has 3 aromatic carbocycles. The third kappa shape index (κ3) is 8.47. The number of nitrogens with zero attached hydrogens (tertiary/aromatic N) is 4. The summed E-state index contributed by atoms with van der Waals surface area (Å²) in [7, 11) is 2.61. The van der Waals surface area contributed by atoms with Crippen molar-refractivity contribution in [3.05, 3.63) is 83.6 Å². The Morgan fingerprint density at radius 1 is 0.677 bits per heavy atom. The summed E-state index contributed by atoms with van der Waals surface area (Å²) in [4.78, 5) is 72.3. The Hall–Kier alpha value is -6.18. The summed E-state index contributed by atoms with van der Waals surface area (Å²) in [5, 5.41) is 5.47. The normalized spacial score (nSPS) is 19.9. The highest BCUT2D eigenvalue weighted by Gasteiger charge is 2.42. The minimum Gasteiger partial charge on any atom is -0.453 e. The molecule has 342 valence electrons. The van der Waals surface area contributed by atoms with Crippen molar-refractivity contribution in [1.29, 1.82) is 0 Å². The predicted molar refractivity (Wildman–Crippen MR) is 249 cm³/mol. The van der Waals surface area contributed by atoms with Crippen molar-refractivity contribution in [3.8, 4) is 33.5 Å². The molecule has 14 nitrogen and oxygen atoms in total. The van der Waals surface area contributed by atoms with E-state index in [4.69, 9.17) is 19.4 Å². The quantitative estimate of drug-likeness (QED) is 0.102. The summed E-state index contributed by atoms with van der Waals surface area (Å²) in [6, 6.07) is 18.0. The van der Waals surface area contributed by atoms with Gasteiger partial charge in [0.2, 0.25) is 11.8 Å². The van der Waals surface area contributed by atoms with Crippen LogP contribution in [0.15, 0.2) is 60.8 Å². The second-order valence-corrected chi connectivity index (χ2v) is 19.4. The molecule has 4 atom stereocenters. The van der Waals surface area contributed by atoms with Crippen LogP contribution >= 0.6 is 0 Å².